The van der Waals surface area contributed by atoms with Crippen LogP contribution < -0.4 is 4.74 Å². The molecule has 1 heterocycles. The van der Waals surface area contributed by atoms with Gasteiger partial charge in [-0.2, -0.15) is 0 Å². The molecule has 0 bridgehead atoms. The number of likely N-dealkylation sites (tertiary alicyclic amines) is 1. The monoisotopic (exact) mass is 265 g/mol. The third kappa shape index (κ3) is 3.93. The van der Waals surface area contributed by atoms with Gasteiger partial charge in [0, 0.05) is 19.6 Å². The van der Waals surface area contributed by atoms with E-state index in [4.69, 9.17) is 4.74 Å². The molecule has 0 aromatic heterocycles. The molecule has 0 spiro atoms. The summed E-state index contributed by atoms with van der Waals surface area (Å²) in [5.74, 6) is 0.762. The lowest BCUT2D eigenvalue weighted by Crippen LogP contribution is -2.43. The molecule has 19 heavy (non-hydrogen) atoms. The second kappa shape index (κ2) is 5.90. The van der Waals surface area contributed by atoms with Gasteiger partial charge in [0.2, 0.25) is 0 Å². The Balaban J connectivity index is 1.92. The number of benzene rings is 1. The van der Waals surface area contributed by atoms with Crippen LogP contribution in [-0.2, 0) is 0 Å². The first-order valence-corrected chi connectivity index (χ1v) is 6.77. The van der Waals surface area contributed by atoms with Gasteiger partial charge in [0.05, 0.1) is 18.8 Å². The Labute approximate surface area is 114 Å². The number of hydrogen-bond donors (Lipinski definition) is 2. The van der Waals surface area contributed by atoms with Gasteiger partial charge in [-0.3, -0.25) is 0 Å². The maximum absolute atomic E-state index is 10.3. The van der Waals surface area contributed by atoms with Crippen LogP contribution in [-0.4, -0.2) is 47.5 Å². The first-order valence-electron chi connectivity index (χ1n) is 6.77. The van der Waals surface area contributed by atoms with Crippen molar-refractivity contribution in [2.24, 2.45) is 0 Å². The molecule has 0 aliphatic carbocycles. The van der Waals surface area contributed by atoms with Crippen molar-refractivity contribution in [1.82, 2.24) is 4.90 Å². The SMILES string of the molecule is COc1cccc(C(O)CN2CCC(C)(O)CC2)c1. The minimum Gasteiger partial charge on any atom is -0.497 e. The normalized spacial score (nSPS) is 21.1. The lowest BCUT2D eigenvalue weighted by atomic mass is 9.93. The Morgan fingerprint density at radius 2 is 2.05 bits per heavy atom. The summed E-state index contributed by atoms with van der Waals surface area (Å²) in [5, 5.41) is 20.2. The molecule has 4 nitrogen and oxygen atoms in total. The van der Waals surface area contributed by atoms with Crippen molar-refractivity contribution in [1.29, 1.82) is 0 Å². The molecule has 106 valence electrons. The molecule has 0 radical (unpaired) electrons. The summed E-state index contributed by atoms with van der Waals surface area (Å²) in [7, 11) is 1.62. The van der Waals surface area contributed by atoms with Gasteiger partial charge in [-0.1, -0.05) is 12.1 Å². The second-order valence-electron chi connectivity index (χ2n) is 5.59. The molecule has 1 aromatic rings. The number of aliphatic hydroxyl groups is 2. The topological polar surface area (TPSA) is 52.9 Å². The summed E-state index contributed by atoms with van der Waals surface area (Å²) in [6, 6.07) is 7.53. The minimum atomic E-state index is -0.544. The van der Waals surface area contributed by atoms with Crippen molar-refractivity contribution in [2.75, 3.05) is 26.7 Å². The number of nitrogens with zero attached hydrogens (tertiary/aromatic N) is 1. The van der Waals surface area contributed by atoms with E-state index in [1.165, 1.54) is 0 Å². The molecule has 0 saturated carbocycles. The van der Waals surface area contributed by atoms with Crippen molar-refractivity contribution < 1.29 is 14.9 Å². The maximum Gasteiger partial charge on any atom is 0.119 e. The molecule has 1 atom stereocenters. The van der Waals surface area contributed by atoms with Crippen LogP contribution in [0.2, 0.25) is 0 Å². The minimum absolute atomic E-state index is 0.516. The van der Waals surface area contributed by atoms with E-state index in [0.29, 0.717) is 6.54 Å². The van der Waals surface area contributed by atoms with E-state index in [9.17, 15) is 10.2 Å². The van der Waals surface area contributed by atoms with Gasteiger partial charge in [0.25, 0.3) is 0 Å². The Morgan fingerprint density at radius 3 is 2.68 bits per heavy atom. The molecule has 0 amide bonds. The van der Waals surface area contributed by atoms with E-state index >= 15 is 0 Å². The van der Waals surface area contributed by atoms with Gasteiger partial charge >= 0.3 is 0 Å². The predicted molar refractivity (Wildman–Crippen MR) is 74.3 cm³/mol. The smallest absolute Gasteiger partial charge is 0.119 e. The average molecular weight is 265 g/mol. The molecular weight excluding hydrogens is 242 g/mol. The number of hydrogen-bond acceptors (Lipinski definition) is 4. The molecule has 2 N–H and O–H groups in total. The van der Waals surface area contributed by atoms with Gasteiger partial charge in [-0.15, -0.1) is 0 Å². The van der Waals surface area contributed by atoms with Crippen molar-refractivity contribution in [3.8, 4) is 5.75 Å². The second-order valence-corrected chi connectivity index (χ2v) is 5.59. The number of β-amino-alcohol motifs (C(OH)–C–C–N with tert-alkyl or cyclic N) is 1. The molecular formula is C15H23NO3. The Kier molecular flexibility index (Phi) is 4.45. The van der Waals surface area contributed by atoms with E-state index in [1.807, 2.05) is 31.2 Å². The summed E-state index contributed by atoms with van der Waals surface area (Å²) in [5.41, 5.74) is 0.328. The highest BCUT2D eigenvalue weighted by Crippen LogP contribution is 2.24. The third-order valence-electron chi connectivity index (χ3n) is 3.84. The summed E-state index contributed by atoms with van der Waals surface area (Å²) in [6.45, 7) is 4.13. The molecule has 1 aliphatic rings. The summed E-state index contributed by atoms with van der Waals surface area (Å²) < 4.78 is 5.16. The standard InChI is InChI=1S/C15H23NO3/c1-15(18)6-8-16(9-7-15)11-14(17)12-4-3-5-13(10-12)19-2/h3-5,10,14,17-18H,6-9,11H2,1-2H3. The number of rotatable bonds is 4. The highest BCUT2D eigenvalue weighted by molar-refractivity contribution is 5.29. The van der Waals surface area contributed by atoms with Gasteiger partial charge in [0.1, 0.15) is 5.75 Å². The van der Waals surface area contributed by atoms with E-state index < -0.39 is 11.7 Å². The fourth-order valence-corrected chi connectivity index (χ4v) is 2.42. The van der Waals surface area contributed by atoms with Gasteiger partial charge < -0.3 is 19.8 Å². The van der Waals surface area contributed by atoms with Crippen LogP contribution in [0.25, 0.3) is 0 Å². The third-order valence-corrected chi connectivity index (χ3v) is 3.84. The van der Waals surface area contributed by atoms with Crippen LogP contribution in [0.1, 0.15) is 31.4 Å². The Bertz CT molecular complexity index is 410. The van der Waals surface area contributed by atoms with Crippen molar-refractivity contribution in [3.05, 3.63) is 29.8 Å². The van der Waals surface area contributed by atoms with Gasteiger partial charge in [0.15, 0.2) is 0 Å². The lowest BCUT2D eigenvalue weighted by molar-refractivity contribution is -0.0161. The quantitative estimate of drug-likeness (QED) is 0.868. The van der Waals surface area contributed by atoms with Gasteiger partial charge in [-0.05, 0) is 37.5 Å². The highest BCUT2D eigenvalue weighted by Gasteiger charge is 2.28. The van der Waals surface area contributed by atoms with Crippen molar-refractivity contribution >= 4 is 0 Å². The van der Waals surface area contributed by atoms with Crippen LogP contribution in [0.4, 0.5) is 0 Å². The Morgan fingerprint density at radius 1 is 1.37 bits per heavy atom. The van der Waals surface area contributed by atoms with E-state index in [-0.39, 0.29) is 0 Å². The van der Waals surface area contributed by atoms with Gasteiger partial charge in [-0.25, -0.2) is 0 Å². The zero-order chi connectivity index (χ0) is 13.9. The van der Waals surface area contributed by atoms with Crippen LogP contribution in [0.15, 0.2) is 24.3 Å². The largest absolute Gasteiger partial charge is 0.497 e. The Hall–Kier alpha value is -1.10. The zero-order valence-corrected chi connectivity index (χ0v) is 11.7. The first kappa shape index (κ1) is 14.3. The van der Waals surface area contributed by atoms with Crippen LogP contribution in [0.5, 0.6) is 5.75 Å². The molecule has 4 heteroatoms. The highest BCUT2D eigenvalue weighted by atomic mass is 16.5. The molecule has 2 rings (SSSR count). The molecule has 1 fully saturated rings. The van der Waals surface area contributed by atoms with Crippen molar-refractivity contribution in [2.45, 2.75) is 31.5 Å². The summed E-state index contributed by atoms with van der Waals surface area (Å²) >= 11 is 0. The number of ether oxygens (including phenoxy) is 1. The predicted octanol–water partition coefficient (Wildman–Crippen LogP) is 1.58. The summed E-state index contributed by atoms with van der Waals surface area (Å²) in [4.78, 5) is 2.20. The van der Waals surface area contributed by atoms with Crippen LogP contribution in [0.3, 0.4) is 0 Å². The van der Waals surface area contributed by atoms with E-state index in [0.717, 1.165) is 37.2 Å². The van der Waals surface area contributed by atoms with E-state index in [2.05, 4.69) is 4.90 Å². The fourth-order valence-electron chi connectivity index (χ4n) is 2.42. The lowest BCUT2D eigenvalue weighted by Gasteiger charge is -2.36. The van der Waals surface area contributed by atoms with Crippen molar-refractivity contribution in [3.63, 3.8) is 0 Å². The number of aliphatic hydroxyl groups excluding tert-OH is 1. The fraction of sp³-hybridized carbons (Fsp3) is 0.600. The van der Waals surface area contributed by atoms with E-state index in [1.54, 1.807) is 7.11 Å². The average Bonchev–Trinajstić information content (AvgIpc) is 2.41. The number of piperidine rings is 1. The molecule has 1 aliphatic heterocycles. The molecule has 1 saturated heterocycles. The zero-order valence-electron chi connectivity index (χ0n) is 11.7. The van der Waals surface area contributed by atoms with Crippen LogP contribution >= 0.6 is 0 Å². The summed E-state index contributed by atoms with van der Waals surface area (Å²) in [6.07, 6.45) is 1.01. The van der Waals surface area contributed by atoms with Crippen LogP contribution in [0, 0.1) is 0 Å². The first-order chi connectivity index (χ1) is 9.00. The molecule has 1 aromatic carbocycles. The number of methoxy groups -OCH3 is 1. The molecule has 1 unspecified atom stereocenters. The maximum atomic E-state index is 10.3.